The van der Waals surface area contributed by atoms with E-state index in [-0.39, 0.29) is 11.5 Å². The van der Waals surface area contributed by atoms with Gasteiger partial charge in [-0.15, -0.1) is 0 Å². The number of imidazole rings is 1. The van der Waals surface area contributed by atoms with E-state index in [9.17, 15) is 14.4 Å². The molecule has 4 aromatic rings. The number of amides is 1. The molecule has 0 saturated carbocycles. The SMILES string of the molecule is C[C@@H](OC(=O)c1n[nH]c(=O)c2ccccc12)C(=O)Nc1ncnc2nc[nH]c12. The van der Waals surface area contributed by atoms with Crippen LogP contribution in [0.1, 0.15) is 17.4 Å². The van der Waals surface area contributed by atoms with E-state index in [0.717, 1.165) is 0 Å². The Morgan fingerprint density at radius 1 is 1.14 bits per heavy atom. The van der Waals surface area contributed by atoms with Crippen LogP contribution in [0.25, 0.3) is 21.9 Å². The van der Waals surface area contributed by atoms with Gasteiger partial charge < -0.3 is 15.0 Å². The summed E-state index contributed by atoms with van der Waals surface area (Å²) in [5.74, 6) is -1.23. The zero-order valence-electron chi connectivity index (χ0n) is 14.5. The Morgan fingerprint density at radius 2 is 1.93 bits per heavy atom. The number of H-pyrrole nitrogens is 2. The Hall–Kier alpha value is -4.15. The van der Waals surface area contributed by atoms with E-state index in [4.69, 9.17) is 4.74 Å². The zero-order valence-corrected chi connectivity index (χ0v) is 14.5. The summed E-state index contributed by atoms with van der Waals surface area (Å²) in [6, 6.07) is 6.48. The van der Waals surface area contributed by atoms with Crippen molar-refractivity contribution in [3.63, 3.8) is 0 Å². The lowest BCUT2D eigenvalue weighted by Crippen LogP contribution is -2.31. The minimum Gasteiger partial charge on any atom is -0.448 e. The van der Waals surface area contributed by atoms with Crippen molar-refractivity contribution in [3.05, 3.63) is 53.0 Å². The fraction of sp³-hybridized carbons (Fsp3) is 0.118. The van der Waals surface area contributed by atoms with E-state index in [2.05, 4.69) is 35.5 Å². The topological polar surface area (TPSA) is 156 Å². The quantitative estimate of drug-likeness (QED) is 0.439. The van der Waals surface area contributed by atoms with Gasteiger partial charge in [-0.05, 0) is 13.0 Å². The van der Waals surface area contributed by atoms with Crippen LogP contribution in [0.2, 0.25) is 0 Å². The molecule has 0 fully saturated rings. The first-order chi connectivity index (χ1) is 13.5. The highest BCUT2D eigenvalue weighted by atomic mass is 16.5. The van der Waals surface area contributed by atoms with Crippen LogP contribution in [-0.4, -0.2) is 48.1 Å². The van der Waals surface area contributed by atoms with Crippen LogP contribution in [0.4, 0.5) is 5.82 Å². The third kappa shape index (κ3) is 3.05. The van der Waals surface area contributed by atoms with E-state index >= 15 is 0 Å². The summed E-state index contributed by atoms with van der Waals surface area (Å²) >= 11 is 0. The molecule has 11 nitrogen and oxygen atoms in total. The van der Waals surface area contributed by atoms with Gasteiger partial charge in [0.25, 0.3) is 11.5 Å². The molecule has 1 aromatic carbocycles. The smallest absolute Gasteiger partial charge is 0.360 e. The van der Waals surface area contributed by atoms with Crippen LogP contribution < -0.4 is 10.9 Å². The first-order valence-electron chi connectivity index (χ1n) is 8.18. The van der Waals surface area contributed by atoms with Crippen molar-refractivity contribution >= 4 is 39.6 Å². The molecule has 3 heterocycles. The van der Waals surface area contributed by atoms with Crippen molar-refractivity contribution < 1.29 is 14.3 Å². The summed E-state index contributed by atoms with van der Waals surface area (Å²) in [7, 11) is 0. The van der Waals surface area contributed by atoms with Crippen LogP contribution in [0.3, 0.4) is 0 Å². The van der Waals surface area contributed by atoms with Gasteiger partial charge in [-0.3, -0.25) is 9.59 Å². The Bertz CT molecular complexity index is 1260. The second kappa shape index (κ2) is 6.87. The maximum absolute atomic E-state index is 12.5. The second-order valence-corrected chi connectivity index (χ2v) is 5.81. The standard InChI is InChI=1S/C17H13N7O4/c1-8(15(25)22-14-12-13(19-6-18-12)20-7-21-14)28-17(27)11-9-4-2-3-5-10(9)16(26)24-23-11/h2-8H,1H3,(H,24,26)(H2,18,19,20,21,22,25)/t8-/m1/s1. The van der Waals surface area contributed by atoms with Gasteiger partial charge in [-0.1, -0.05) is 18.2 Å². The number of fused-ring (bicyclic) bond motifs is 2. The number of anilines is 1. The lowest BCUT2D eigenvalue weighted by molar-refractivity contribution is -0.123. The van der Waals surface area contributed by atoms with Gasteiger partial charge in [0.2, 0.25) is 0 Å². The number of carbonyl (C=O) groups is 2. The monoisotopic (exact) mass is 379 g/mol. The predicted molar refractivity (Wildman–Crippen MR) is 97.6 cm³/mol. The first kappa shape index (κ1) is 17.3. The summed E-state index contributed by atoms with van der Waals surface area (Å²) in [5, 5.41) is 9.19. The van der Waals surface area contributed by atoms with Crippen LogP contribution >= 0.6 is 0 Å². The number of ether oxygens (including phenoxy) is 1. The highest BCUT2D eigenvalue weighted by Gasteiger charge is 2.23. The summed E-state index contributed by atoms with van der Waals surface area (Å²) < 4.78 is 5.21. The van der Waals surface area contributed by atoms with Gasteiger partial charge in [0.15, 0.2) is 23.3 Å². The van der Waals surface area contributed by atoms with Crippen molar-refractivity contribution in [3.8, 4) is 0 Å². The molecule has 140 valence electrons. The van der Waals surface area contributed by atoms with E-state index in [1.807, 2.05) is 0 Å². The molecule has 28 heavy (non-hydrogen) atoms. The van der Waals surface area contributed by atoms with Crippen LogP contribution in [0, 0.1) is 0 Å². The molecule has 0 unspecified atom stereocenters. The minimum atomic E-state index is -1.15. The van der Waals surface area contributed by atoms with Crippen molar-refractivity contribution in [2.75, 3.05) is 5.32 Å². The number of esters is 1. The second-order valence-electron chi connectivity index (χ2n) is 5.81. The molecule has 11 heteroatoms. The van der Waals surface area contributed by atoms with Gasteiger partial charge in [0.1, 0.15) is 11.8 Å². The van der Waals surface area contributed by atoms with E-state index < -0.39 is 23.5 Å². The molecule has 1 atom stereocenters. The Labute approximate surface area is 156 Å². The molecular weight excluding hydrogens is 366 g/mol. The molecule has 0 aliphatic heterocycles. The Morgan fingerprint density at radius 3 is 2.75 bits per heavy atom. The number of aromatic nitrogens is 6. The number of hydrogen-bond donors (Lipinski definition) is 3. The highest BCUT2D eigenvalue weighted by molar-refractivity contribution is 6.04. The van der Waals surface area contributed by atoms with Gasteiger partial charge >= 0.3 is 5.97 Å². The first-order valence-corrected chi connectivity index (χ1v) is 8.18. The minimum absolute atomic E-state index is 0.0900. The fourth-order valence-corrected chi connectivity index (χ4v) is 2.62. The van der Waals surface area contributed by atoms with Crippen molar-refractivity contribution in [1.82, 2.24) is 30.1 Å². The van der Waals surface area contributed by atoms with Gasteiger partial charge in [0.05, 0.1) is 11.7 Å². The third-order valence-electron chi connectivity index (χ3n) is 4.01. The van der Waals surface area contributed by atoms with Gasteiger partial charge in [-0.2, -0.15) is 5.10 Å². The number of rotatable bonds is 4. The van der Waals surface area contributed by atoms with Crippen LogP contribution in [0.15, 0.2) is 41.7 Å². The summed E-state index contributed by atoms with van der Waals surface area (Å²) in [6.45, 7) is 1.41. The van der Waals surface area contributed by atoms with E-state index in [1.165, 1.54) is 19.6 Å². The summed E-state index contributed by atoms with van der Waals surface area (Å²) in [6.07, 6.45) is 1.53. The number of hydrogen-bond acceptors (Lipinski definition) is 8. The van der Waals surface area contributed by atoms with Crippen molar-refractivity contribution in [1.29, 1.82) is 0 Å². The normalized spacial score (nSPS) is 12.0. The molecule has 0 aliphatic rings. The third-order valence-corrected chi connectivity index (χ3v) is 4.01. The maximum Gasteiger partial charge on any atom is 0.360 e. The lowest BCUT2D eigenvalue weighted by atomic mass is 10.1. The molecule has 3 N–H and O–H groups in total. The molecule has 3 aromatic heterocycles. The molecule has 0 bridgehead atoms. The number of aromatic amines is 2. The maximum atomic E-state index is 12.5. The van der Waals surface area contributed by atoms with Crippen molar-refractivity contribution in [2.24, 2.45) is 0 Å². The fourth-order valence-electron chi connectivity index (χ4n) is 2.62. The van der Waals surface area contributed by atoms with Crippen molar-refractivity contribution in [2.45, 2.75) is 13.0 Å². The van der Waals surface area contributed by atoms with Gasteiger partial charge in [-0.25, -0.2) is 24.8 Å². The molecule has 1 amide bonds. The molecule has 0 radical (unpaired) electrons. The predicted octanol–water partition coefficient (Wildman–Crippen LogP) is 0.773. The average Bonchev–Trinajstić information content (AvgIpc) is 3.18. The Balaban J connectivity index is 1.53. The van der Waals surface area contributed by atoms with Crippen LogP contribution in [-0.2, 0) is 9.53 Å². The largest absolute Gasteiger partial charge is 0.448 e. The molecule has 0 spiro atoms. The van der Waals surface area contributed by atoms with E-state index in [0.29, 0.717) is 21.9 Å². The van der Waals surface area contributed by atoms with Crippen LogP contribution in [0.5, 0.6) is 0 Å². The average molecular weight is 379 g/mol. The summed E-state index contributed by atoms with van der Waals surface area (Å²) in [5.41, 5.74) is 0.319. The number of carbonyl (C=O) groups excluding carboxylic acids is 2. The lowest BCUT2D eigenvalue weighted by Gasteiger charge is -2.13. The molecular formula is C17H13N7O4. The summed E-state index contributed by atoms with van der Waals surface area (Å²) in [4.78, 5) is 51.4. The zero-order chi connectivity index (χ0) is 19.7. The number of benzene rings is 1. The number of nitrogens with one attached hydrogen (secondary N) is 3. The van der Waals surface area contributed by atoms with E-state index in [1.54, 1.807) is 24.3 Å². The molecule has 0 aliphatic carbocycles. The Kier molecular flexibility index (Phi) is 4.24. The highest BCUT2D eigenvalue weighted by Crippen LogP contribution is 2.16. The number of nitrogens with zero attached hydrogens (tertiary/aromatic N) is 4. The molecule has 4 rings (SSSR count). The molecule has 0 saturated heterocycles. The van der Waals surface area contributed by atoms with Gasteiger partial charge in [0, 0.05) is 5.39 Å².